The monoisotopic (exact) mass is 382 g/mol. The number of amides is 2. The lowest BCUT2D eigenvalue weighted by atomic mass is 10.1. The molecule has 6 nitrogen and oxygen atoms in total. The molecule has 0 saturated carbocycles. The predicted molar refractivity (Wildman–Crippen MR) is 108 cm³/mol. The number of nitrogens with zero attached hydrogens (tertiary/aromatic N) is 1. The van der Waals surface area contributed by atoms with Gasteiger partial charge in [0.05, 0.1) is 26.2 Å². The molecule has 2 atom stereocenters. The van der Waals surface area contributed by atoms with Gasteiger partial charge in [-0.1, -0.05) is 30.3 Å². The molecule has 3 rings (SSSR count). The SMILES string of the molecule is COc1cc(C)c(NC(=O)[C@@H]2CC(=O)N([C@H](C)c3ccccc3)C2)cc1OC. The third-order valence-electron chi connectivity index (χ3n) is 5.27. The number of anilines is 1. The summed E-state index contributed by atoms with van der Waals surface area (Å²) in [4.78, 5) is 27.1. The van der Waals surface area contributed by atoms with E-state index in [-0.39, 0.29) is 30.2 Å². The highest BCUT2D eigenvalue weighted by Gasteiger charge is 2.37. The molecule has 2 aromatic carbocycles. The Hall–Kier alpha value is -3.02. The fourth-order valence-corrected chi connectivity index (χ4v) is 3.54. The number of rotatable bonds is 6. The zero-order valence-electron chi connectivity index (χ0n) is 16.7. The summed E-state index contributed by atoms with van der Waals surface area (Å²) in [6.07, 6.45) is 0.218. The molecule has 1 fully saturated rings. The van der Waals surface area contributed by atoms with Gasteiger partial charge in [-0.25, -0.2) is 0 Å². The summed E-state index contributed by atoms with van der Waals surface area (Å²) in [5, 5.41) is 2.94. The molecule has 148 valence electrons. The van der Waals surface area contributed by atoms with Crippen molar-refractivity contribution in [2.75, 3.05) is 26.1 Å². The van der Waals surface area contributed by atoms with Crippen LogP contribution in [0, 0.1) is 12.8 Å². The largest absolute Gasteiger partial charge is 0.493 e. The minimum atomic E-state index is -0.383. The summed E-state index contributed by atoms with van der Waals surface area (Å²) in [6, 6.07) is 13.4. The number of aryl methyl sites for hydroxylation is 1. The Morgan fingerprint density at radius 2 is 1.79 bits per heavy atom. The lowest BCUT2D eigenvalue weighted by Gasteiger charge is -2.25. The van der Waals surface area contributed by atoms with Crippen molar-refractivity contribution in [1.82, 2.24) is 4.90 Å². The maximum atomic E-state index is 12.8. The van der Waals surface area contributed by atoms with Crippen molar-refractivity contribution in [2.24, 2.45) is 5.92 Å². The molecule has 1 aliphatic heterocycles. The first kappa shape index (κ1) is 19.7. The summed E-state index contributed by atoms with van der Waals surface area (Å²) >= 11 is 0. The van der Waals surface area contributed by atoms with Crippen LogP contribution in [0.3, 0.4) is 0 Å². The Balaban J connectivity index is 1.72. The van der Waals surface area contributed by atoms with E-state index in [2.05, 4.69) is 5.32 Å². The van der Waals surface area contributed by atoms with E-state index in [9.17, 15) is 9.59 Å². The fourth-order valence-electron chi connectivity index (χ4n) is 3.54. The molecule has 1 N–H and O–H groups in total. The summed E-state index contributed by atoms with van der Waals surface area (Å²) in [6.45, 7) is 4.29. The van der Waals surface area contributed by atoms with Crippen LogP contribution in [-0.4, -0.2) is 37.5 Å². The van der Waals surface area contributed by atoms with Gasteiger partial charge in [-0.3, -0.25) is 9.59 Å². The van der Waals surface area contributed by atoms with E-state index in [0.29, 0.717) is 23.7 Å². The first-order valence-corrected chi connectivity index (χ1v) is 9.32. The van der Waals surface area contributed by atoms with Crippen molar-refractivity contribution >= 4 is 17.5 Å². The number of ether oxygens (including phenoxy) is 2. The zero-order valence-corrected chi connectivity index (χ0v) is 16.7. The van der Waals surface area contributed by atoms with Crippen molar-refractivity contribution in [2.45, 2.75) is 26.3 Å². The second kappa shape index (κ2) is 8.33. The minimum absolute atomic E-state index is 0.000497. The topological polar surface area (TPSA) is 67.9 Å². The molecule has 28 heavy (non-hydrogen) atoms. The van der Waals surface area contributed by atoms with Crippen molar-refractivity contribution in [3.63, 3.8) is 0 Å². The zero-order chi connectivity index (χ0) is 20.3. The number of likely N-dealkylation sites (tertiary alicyclic amines) is 1. The minimum Gasteiger partial charge on any atom is -0.493 e. The Bertz CT molecular complexity index is 866. The number of benzene rings is 2. The number of hydrogen-bond acceptors (Lipinski definition) is 4. The van der Waals surface area contributed by atoms with Crippen molar-refractivity contribution in [3.8, 4) is 11.5 Å². The molecular weight excluding hydrogens is 356 g/mol. The van der Waals surface area contributed by atoms with Crippen molar-refractivity contribution in [1.29, 1.82) is 0 Å². The Kier molecular flexibility index (Phi) is 5.87. The Labute approximate surface area is 165 Å². The van der Waals surface area contributed by atoms with Gasteiger partial charge in [0.25, 0.3) is 0 Å². The highest BCUT2D eigenvalue weighted by Crippen LogP contribution is 2.34. The van der Waals surface area contributed by atoms with Gasteiger partial charge in [0.15, 0.2) is 11.5 Å². The van der Waals surface area contributed by atoms with Gasteiger partial charge in [0, 0.05) is 24.7 Å². The average molecular weight is 382 g/mol. The molecule has 0 aromatic heterocycles. The molecule has 0 radical (unpaired) electrons. The second-order valence-corrected chi connectivity index (χ2v) is 7.05. The van der Waals surface area contributed by atoms with Crippen molar-refractivity contribution < 1.29 is 19.1 Å². The number of methoxy groups -OCH3 is 2. The molecule has 2 amide bonds. The van der Waals surface area contributed by atoms with Crippen LogP contribution in [0.1, 0.15) is 30.5 Å². The molecule has 0 unspecified atom stereocenters. The molecule has 1 saturated heterocycles. The lowest BCUT2D eigenvalue weighted by molar-refractivity contribution is -0.129. The van der Waals surface area contributed by atoms with Crippen molar-refractivity contribution in [3.05, 3.63) is 53.6 Å². The van der Waals surface area contributed by atoms with Gasteiger partial charge < -0.3 is 19.7 Å². The molecule has 6 heteroatoms. The number of nitrogens with one attached hydrogen (secondary N) is 1. The quantitative estimate of drug-likeness (QED) is 0.829. The number of hydrogen-bond donors (Lipinski definition) is 1. The summed E-state index contributed by atoms with van der Waals surface area (Å²) in [5.41, 5.74) is 2.59. The number of carbonyl (C=O) groups is 2. The van der Waals surface area contributed by atoms with Gasteiger partial charge in [0.2, 0.25) is 11.8 Å². The maximum absolute atomic E-state index is 12.8. The fraction of sp³-hybridized carbons (Fsp3) is 0.364. The average Bonchev–Trinajstić information content (AvgIpc) is 3.11. The normalized spacial score (nSPS) is 17.4. The molecule has 0 aliphatic carbocycles. The Morgan fingerprint density at radius 3 is 2.43 bits per heavy atom. The van der Waals surface area contributed by atoms with E-state index in [1.807, 2.05) is 50.2 Å². The summed E-state index contributed by atoms with van der Waals surface area (Å²) < 4.78 is 10.6. The van der Waals surface area contributed by atoms with Crippen LogP contribution >= 0.6 is 0 Å². The third kappa shape index (κ3) is 3.96. The van der Waals surface area contributed by atoms with Gasteiger partial charge >= 0.3 is 0 Å². The van der Waals surface area contributed by atoms with Gasteiger partial charge in [0.1, 0.15) is 0 Å². The number of carbonyl (C=O) groups excluding carboxylic acids is 2. The molecular formula is C22H26N2O4. The standard InChI is InChI=1S/C22H26N2O4/c1-14-10-19(27-3)20(28-4)12-18(14)23-22(26)17-11-21(25)24(13-17)15(2)16-8-6-5-7-9-16/h5-10,12,15,17H,11,13H2,1-4H3,(H,23,26)/t15-,17-/m1/s1. The van der Waals surface area contributed by atoms with E-state index in [1.54, 1.807) is 25.2 Å². The van der Waals surface area contributed by atoms with E-state index in [4.69, 9.17) is 9.47 Å². The van der Waals surface area contributed by atoms with Crippen LogP contribution in [0.15, 0.2) is 42.5 Å². The summed E-state index contributed by atoms with van der Waals surface area (Å²) in [5.74, 6) is 0.611. The van der Waals surface area contributed by atoms with Gasteiger partial charge in [-0.15, -0.1) is 0 Å². The first-order chi connectivity index (χ1) is 13.4. The van der Waals surface area contributed by atoms with Crippen LogP contribution in [-0.2, 0) is 9.59 Å². The third-order valence-corrected chi connectivity index (χ3v) is 5.27. The van der Waals surface area contributed by atoms with Gasteiger partial charge in [-0.2, -0.15) is 0 Å². The summed E-state index contributed by atoms with van der Waals surface area (Å²) in [7, 11) is 3.12. The first-order valence-electron chi connectivity index (χ1n) is 9.32. The molecule has 1 aliphatic rings. The lowest BCUT2D eigenvalue weighted by Crippen LogP contribution is -2.30. The highest BCUT2D eigenvalue weighted by atomic mass is 16.5. The van der Waals surface area contributed by atoms with E-state index < -0.39 is 0 Å². The van der Waals surface area contributed by atoms with Gasteiger partial charge in [-0.05, 0) is 31.0 Å². The predicted octanol–water partition coefficient (Wildman–Crippen LogP) is 3.56. The molecule has 0 spiro atoms. The maximum Gasteiger partial charge on any atom is 0.229 e. The smallest absolute Gasteiger partial charge is 0.229 e. The van der Waals surface area contributed by atoms with Crippen LogP contribution in [0.5, 0.6) is 11.5 Å². The van der Waals surface area contributed by atoms with E-state index in [1.165, 1.54) is 0 Å². The molecule has 1 heterocycles. The van der Waals surface area contributed by atoms with E-state index in [0.717, 1.165) is 11.1 Å². The van der Waals surface area contributed by atoms with Crippen LogP contribution in [0.2, 0.25) is 0 Å². The Morgan fingerprint density at radius 1 is 1.14 bits per heavy atom. The highest BCUT2D eigenvalue weighted by molar-refractivity contribution is 5.98. The second-order valence-electron chi connectivity index (χ2n) is 7.05. The van der Waals surface area contributed by atoms with Crippen LogP contribution in [0.4, 0.5) is 5.69 Å². The molecule has 2 aromatic rings. The molecule has 0 bridgehead atoms. The van der Waals surface area contributed by atoms with Crippen LogP contribution < -0.4 is 14.8 Å². The van der Waals surface area contributed by atoms with E-state index >= 15 is 0 Å². The van der Waals surface area contributed by atoms with Crippen LogP contribution in [0.25, 0.3) is 0 Å².